The maximum Gasteiger partial charge on any atom is 0.340 e. The summed E-state index contributed by atoms with van der Waals surface area (Å²) >= 11 is 1.61. The summed E-state index contributed by atoms with van der Waals surface area (Å²) in [5.41, 5.74) is 0.308. The highest BCUT2D eigenvalue weighted by atomic mass is 32.1. The zero-order valence-corrected chi connectivity index (χ0v) is 11.1. The highest BCUT2D eigenvalue weighted by molar-refractivity contribution is 7.10. The lowest BCUT2D eigenvalue weighted by atomic mass is 9.84. The number of fused-ring (bicyclic) bond motifs is 1. The quantitative estimate of drug-likeness (QED) is 0.914. The minimum absolute atomic E-state index is 0.0321. The normalized spacial score (nSPS) is 18.4. The molecule has 0 aliphatic heterocycles. The van der Waals surface area contributed by atoms with Gasteiger partial charge in [0.25, 0.3) is 0 Å². The lowest BCUT2D eigenvalue weighted by molar-refractivity contribution is 0.0690. The third-order valence-electron chi connectivity index (χ3n) is 3.46. The van der Waals surface area contributed by atoms with Gasteiger partial charge in [0.15, 0.2) is 5.78 Å². The minimum Gasteiger partial charge on any atom is -0.478 e. The van der Waals surface area contributed by atoms with Crippen LogP contribution in [0.15, 0.2) is 21.9 Å². The fraction of sp³-hybridized carbons (Fsp3) is 0.286. The van der Waals surface area contributed by atoms with Crippen LogP contribution < -0.4 is 0 Å². The number of ketones is 1. The first-order valence-corrected chi connectivity index (χ1v) is 6.88. The molecule has 0 unspecified atom stereocenters. The van der Waals surface area contributed by atoms with Crippen LogP contribution in [0, 0.1) is 6.92 Å². The topological polar surface area (TPSA) is 67.5 Å². The number of aromatic carboxylic acids is 1. The molecule has 1 N–H and O–H groups in total. The number of aryl methyl sites for hydroxylation is 1. The van der Waals surface area contributed by atoms with Crippen LogP contribution in [0.3, 0.4) is 0 Å². The SMILES string of the molecule is Cc1oc2c(c1C(=O)O)C(=O)C[C@H](c1cccs1)C2. The van der Waals surface area contributed by atoms with Crippen LogP contribution in [0.5, 0.6) is 0 Å². The van der Waals surface area contributed by atoms with Crippen LogP contribution in [0.2, 0.25) is 0 Å². The standard InChI is InChI=1S/C14H12O4S/c1-7-12(14(16)17)13-9(15)5-8(6-10(13)18-7)11-3-2-4-19-11/h2-4,8H,5-6H2,1H3,(H,16,17)/t8-/m0/s1. The highest BCUT2D eigenvalue weighted by Gasteiger charge is 2.35. The average molecular weight is 276 g/mol. The molecule has 5 heteroatoms. The molecule has 0 saturated heterocycles. The van der Waals surface area contributed by atoms with Crippen LogP contribution in [0.1, 0.15) is 49.5 Å². The van der Waals surface area contributed by atoms with Crippen molar-refractivity contribution in [3.63, 3.8) is 0 Å². The van der Waals surface area contributed by atoms with E-state index in [1.165, 1.54) is 0 Å². The van der Waals surface area contributed by atoms with Gasteiger partial charge in [-0.2, -0.15) is 0 Å². The Balaban J connectivity index is 2.05. The summed E-state index contributed by atoms with van der Waals surface area (Å²) in [4.78, 5) is 24.6. The summed E-state index contributed by atoms with van der Waals surface area (Å²) in [5.74, 6) is -0.284. The van der Waals surface area contributed by atoms with E-state index in [2.05, 4.69) is 0 Å². The summed E-state index contributed by atoms with van der Waals surface area (Å²) < 4.78 is 5.50. The molecule has 1 atom stereocenters. The van der Waals surface area contributed by atoms with Crippen molar-refractivity contribution < 1.29 is 19.1 Å². The van der Waals surface area contributed by atoms with E-state index in [1.54, 1.807) is 18.3 Å². The number of hydrogen-bond donors (Lipinski definition) is 1. The molecule has 98 valence electrons. The third kappa shape index (κ3) is 1.90. The number of carbonyl (C=O) groups is 2. The molecule has 3 rings (SSSR count). The number of furan rings is 1. The van der Waals surface area contributed by atoms with Crippen LogP contribution in [0.4, 0.5) is 0 Å². The van der Waals surface area contributed by atoms with Crippen LogP contribution >= 0.6 is 11.3 Å². The first-order valence-electron chi connectivity index (χ1n) is 6.00. The van der Waals surface area contributed by atoms with Gasteiger partial charge >= 0.3 is 5.97 Å². The molecule has 2 heterocycles. The maximum atomic E-state index is 12.2. The van der Waals surface area contributed by atoms with Crippen molar-refractivity contribution in [1.82, 2.24) is 0 Å². The predicted octanol–water partition coefficient (Wildman–Crippen LogP) is 3.26. The zero-order chi connectivity index (χ0) is 13.6. The van der Waals surface area contributed by atoms with E-state index in [0.717, 1.165) is 4.88 Å². The fourth-order valence-corrected chi connectivity index (χ4v) is 3.48. The third-order valence-corrected chi connectivity index (χ3v) is 4.49. The Labute approximate surface area is 113 Å². The second-order valence-electron chi connectivity index (χ2n) is 4.68. The van der Waals surface area contributed by atoms with E-state index in [4.69, 9.17) is 9.52 Å². The van der Waals surface area contributed by atoms with Crippen molar-refractivity contribution in [3.05, 3.63) is 45.0 Å². The number of hydrogen-bond acceptors (Lipinski definition) is 4. The van der Waals surface area contributed by atoms with Crippen LogP contribution in [0.25, 0.3) is 0 Å². The fourth-order valence-electron chi connectivity index (χ4n) is 2.65. The summed E-state index contributed by atoms with van der Waals surface area (Å²) in [5, 5.41) is 11.1. The second-order valence-corrected chi connectivity index (χ2v) is 5.66. The first-order chi connectivity index (χ1) is 9.08. The number of carbonyl (C=O) groups excluding carboxylic acids is 1. The van der Waals surface area contributed by atoms with Gasteiger partial charge in [0, 0.05) is 23.6 Å². The molecule has 1 aliphatic carbocycles. The number of Topliss-reactive ketones (excluding diaryl/α,β-unsaturated/α-hetero) is 1. The maximum absolute atomic E-state index is 12.2. The largest absolute Gasteiger partial charge is 0.478 e. The van der Waals surface area contributed by atoms with Crippen molar-refractivity contribution in [1.29, 1.82) is 0 Å². The van der Waals surface area contributed by atoms with Gasteiger partial charge in [0.05, 0.1) is 5.56 Å². The molecule has 0 fully saturated rings. The van der Waals surface area contributed by atoms with Crippen LogP contribution in [-0.4, -0.2) is 16.9 Å². The molecule has 0 saturated carbocycles. The Kier molecular flexibility index (Phi) is 2.78. The van der Waals surface area contributed by atoms with Gasteiger partial charge in [0.1, 0.15) is 17.1 Å². The summed E-state index contributed by atoms with van der Waals surface area (Å²) in [6, 6.07) is 3.96. The Morgan fingerprint density at radius 3 is 2.89 bits per heavy atom. The van der Waals surface area contributed by atoms with Crippen molar-refractivity contribution in [3.8, 4) is 0 Å². The summed E-state index contributed by atoms with van der Waals surface area (Å²) in [6.07, 6.45) is 0.947. The van der Waals surface area contributed by atoms with Gasteiger partial charge < -0.3 is 9.52 Å². The molecule has 0 bridgehead atoms. The van der Waals surface area contributed by atoms with Crippen LogP contribution in [-0.2, 0) is 6.42 Å². The van der Waals surface area contributed by atoms with Gasteiger partial charge in [-0.1, -0.05) is 6.07 Å². The molecule has 0 aromatic carbocycles. The van der Waals surface area contributed by atoms with Crippen molar-refractivity contribution >= 4 is 23.1 Å². The van der Waals surface area contributed by atoms with E-state index in [0.29, 0.717) is 24.4 Å². The van der Waals surface area contributed by atoms with E-state index < -0.39 is 5.97 Å². The predicted molar refractivity (Wildman–Crippen MR) is 70.1 cm³/mol. The number of carboxylic acids is 1. The molecule has 19 heavy (non-hydrogen) atoms. The number of rotatable bonds is 2. The first kappa shape index (κ1) is 12.2. The molecule has 0 radical (unpaired) electrons. The van der Waals surface area contributed by atoms with Crippen molar-refractivity contribution in [2.45, 2.75) is 25.7 Å². The van der Waals surface area contributed by atoms with Crippen molar-refractivity contribution in [2.75, 3.05) is 0 Å². The molecule has 0 spiro atoms. The zero-order valence-electron chi connectivity index (χ0n) is 10.3. The van der Waals surface area contributed by atoms with E-state index in [-0.39, 0.29) is 22.8 Å². The molecule has 0 amide bonds. The molecule has 2 aromatic heterocycles. The van der Waals surface area contributed by atoms with Gasteiger partial charge in [-0.25, -0.2) is 4.79 Å². The average Bonchev–Trinajstić information content (AvgIpc) is 2.94. The van der Waals surface area contributed by atoms with Crippen molar-refractivity contribution in [2.24, 2.45) is 0 Å². The molecule has 1 aliphatic rings. The summed E-state index contributed by atoms with van der Waals surface area (Å²) in [6.45, 7) is 1.59. The van der Waals surface area contributed by atoms with E-state index in [1.807, 2.05) is 17.5 Å². The van der Waals surface area contributed by atoms with Gasteiger partial charge in [-0.05, 0) is 18.4 Å². The second kappa shape index (κ2) is 4.35. The van der Waals surface area contributed by atoms with Gasteiger partial charge in [0.2, 0.25) is 0 Å². The Bertz CT molecular complexity index is 651. The highest BCUT2D eigenvalue weighted by Crippen LogP contribution is 2.38. The Morgan fingerprint density at radius 2 is 2.26 bits per heavy atom. The molecular weight excluding hydrogens is 264 g/mol. The molecule has 2 aromatic rings. The number of thiophene rings is 1. The lowest BCUT2D eigenvalue weighted by Crippen LogP contribution is -2.19. The Hall–Kier alpha value is -1.88. The Morgan fingerprint density at radius 1 is 1.47 bits per heavy atom. The monoisotopic (exact) mass is 276 g/mol. The van der Waals surface area contributed by atoms with E-state index >= 15 is 0 Å². The molecule has 4 nitrogen and oxygen atoms in total. The summed E-state index contributed by atoms with van der Waals surface area (Å²) in [7, 11) is 0. The number of carboxylic acid groups (broad SMARTS) is 1. The smallest absolute Gasteiger partial charge is 0.340 e. The molecular formula is C14H12O4S. The van der Waals surface area contributed by atoms with Gasteiger partial charge in [-0.3, -0.25) is 4.79 Å². The minimum atomic E-state index is -1.09. The van der Waals surface area contributed by atoms with Gasteiger partial charge in [-0.15, -0.1) is 11.3 Å². The van der Waals surface area contributed by atoms with E-state index in [9.17, 15) is 9.59 Å². The lowest BCUT2D eigenvalue weighted by Gasteiger charge is -2.19.